The first-order valence-corrected chi connectivity index (χ1v) is 10.4. The first-order valence-electron chi connectivity index (χ1n) is 9.41. The molecule has 1 aromatic heterocycles. The fraction of sp³-hybridized carbons (Fsp3) is 0.261. The van der Waals surface area contributed by atoms with Crippen LogP contribution in [0.3, 0.4) is 0 Å². The average molecular weight is 379 g/mol. The van der Waals surface area contributed by atoms with Gasteiger partial charge >= 0.3 is 0 Å². The summed E-state index contributed by atoms with van der Waals surface area (Å²) in [6.45, 7) is 6.34. The highest BCUT2D eigenvalue weighted by molar-refractivity contribution is 7.07. The second-order valence-corrected chi connectivity index (χ2v) is 7.32. The van der Waals surface area contributed by atoms with E-state index in [2.05, 4.69) is 58.5 Å². The number of anilines is 1. The van der Waals surface area contributed by atoms with Gasteiger partial charge in [0.25, 0.3) is 5.91 Å². The molecule has 3 aromatic rings. The first kappa shape index (κ1) is 19.2. The summed E-state index contributed by atoms with van der Waals surface area (Å²) in [5, 5.41) is 7.74. The van der Waals surface area contributed by atoms with E-state index in [4.69, 9.17) is 0 Å². The van der Waals surface area contributed by atoms with Crippen LogP contribution in [0, 0.1) is 0 Å². The maximum Gasteiger partial charge on any atom is 0.253 e. The number of rotatable bonds is 8. The van der Waals surface area contributed by atoms with E-state index in [1.54, 1.807) is 11.3 Å². The molecule has 1 N–H and O–H groups in total. The maximum atomic E-state index is 12.4. The van der Waals surface area contributed by atoms with Gasteiger partial charge in [0.2, 0.25) is 0 Å². The molecule has 3 nitrogen and oxygen atoms in total. The number of carbonyl (C=O) groups is 1. The Morgan fingerprint density at radius 1 is 0.963 bits per heavy atom. The predicted octanol–water partition coefficient (Wildman–Crippen LogP) is 5.43. The lowest BCUT2D eigenvalue weighted by Crippen LogP contribution is -2.30. The van der Waals surface area contributed by atoms with Gasteiger partial charge < -0.3 is 10.2 Å². The van der Waals surface area contributed by atoms with Crippen molar-refractivity contribution in [1.29, 1.82) is 0 Å². The topological polar surface area (TPSA) is 32.3 Å². The number of carbonyl (C=O) groups excluding carboxylic acids is 1. The number of nitrogens with one attached hydrogen (secondary N) is 1. The van der Waals surface area contributed by atoms with Crippen LogP contribution in [0.1, 0.15) is 40.9 Å². The summed E-state index contributed by atoms with van der Waals surface area (Å²) in [4.78, 5) is 14.3. The summed E-state index contributed by atoms with van der Waals surface area (Å²) < 4.78 is 0. The molecule has 1 heterocycles. The molecule has 1 amide bonds. The molecular weight excluding hydrogens is 352 g/mol. The standard InChI is InChI=1S/C23H26N2OS/c1-3-25(4-2)23(26)21-10-8-18(9-11-21)14-19-6-5-7-22(15-19)24-16-20-12-13-27-17-20/h5-13,15,17,24H,3-4,14,16H2,1-2H3. The molecule has 0 atom stereocenters. The van der Waals surface area contributed by atoms with Gasteiger partial charge in [0.1, 0.15) is 0 Å². The minimum atomic E-state index is 0.103. The van der Waals surface area contributed by atoms with Gasteiger partial charge in [0.05, 0.1) is 0 Å². The van der Waals surface area contributed by atoms with Gasteiger partial charge in [0, 0.05) is 30.9 Å². The van der Waals surface area contributed by atoms with Crippen LogP contribution in [-0.4, -0.2) is 23.9 Å². The summed E-state index contributed by atoms with van der Waals surface area (Å²) in [6, 6.07) is 18.7. The van der Waals surface area contributed by atoms with Gasteiger partial charge in [-0.05, 0) is 78.1 Å². The van der Waals surface area contributed by atoms with E-state index >= 15 is 0 Å². The van der Waals surface area contributed by atoms with Crippen molar-refractivity contribution < 1.29 is 4.79 Å². The first-order chi connectivity index (χ1) is 13.2. The maximum absolute atomic E-state index is 12.4. The highest BCUT2D eigenvalue weighted by Crippen LogP contribution is 2.17. The molecule has 0 spiro atoms. The van der Waals surface area contributed by atoms with E-state index in [0.29, 0.717) is 0 Å². The van der Waals surface area contributed by atoms with Gasteiger partial charge in [-0.3, -0.25) is 4.79 Å². The van der Waals surface area contributed by atoms with Gasteiger partial charge in [-0.25, -0.2) is 0 Å². The van der Waals surface area contributed by atoms with Crippen molar-refractivity contribution in [2.75, 3.05) is 18.4 Å². The minimum Gasteiger partial charge on any atom is -0.381 e. The summed E-state index contributed by atoms with van der Waals surface area (Å²) in [6.07, 6.45) is 0.855. The van der Waals surface area contributed by atoms with Crippen LogP contribution < -0.4 is 5.32 Å². The molecule has 0 saturated heterocycles. The molecule has 0 bridgehead atoms. The second kappa shape index (κ2) is 9.38. The smallest absolute Gasteiger partial charge is 0.253 e. The van der Waals surface area contributed by atoms with Crippen LogP contribution in [0.4, 0.5) is 5.69 Å². The molecule has 0 aliphatic carbocycles. The van der Waals surface area contributed by atoms with E-state index in [-0.39, 0.29) is 5.91 Å². The normalized spacial score (nSPS) is 10.6. The largest absolute Gasteiger partial charge is 0.381 e. The molecule has 0 radical (unpaired) electrons. The van der Waals surface area contributed by atoms with Crippen LogP contribution in [0.15, 0.2) is 65.4 Å². The molecular formula is C23H26N2OS. The third-order valence-corrected chi connectivity index (χ3v) is 5.40. The third kappa shape index (κ3) is 5.20. The Morgan fingerprint density at radius 2 is 1.74 bits per heavy atom. The van der Waals surface area contributed by atoms with Gasteiger partial charge in [-0.2, -0.15) is 11.3 Å². The number of hydrogen-bond donors (Lipinski definition) is 1. The van der Waals surface area contributed by atoms with Crippen molar-refractivity contribution >= 4 is 22.9 Å². The molecule has 0 aliphatic rings. The van der Waals surface area contributed by atoms with E-state index in [1.807, 2.05) is 30.9 Å². The zero-order valence-electron chi connectivity index (χ0n) is 15.9. The van der Waals surface area contributed by atoms with Gasteiger partial charge in [-0.1, -0.05) is 24.3 Å². The zero-order valence-corrected chi connectivity index (χ0v) is 16.8. The van der Waals surface area contributed by atoms with Crippen LogP contribution in [0.2, 0.25) is 0 Å². The number of nitrogens with zero attached hydrogens (tertiary/aromatic N) is 1. The van der Waals surface area contributed by atoms with Gasteiger partial charge in [0.15, 0.2) is 0 Å². The Kier molecular flexibility index (Phi) is 6.66. The molecule has 0 aliphatic heterocycles. The lowest BCUT2D eigenvalue weighted by atomic mass is 10.0. The Labute approximate surface area is 165 Å². The molecule has 0 fully saturated rings. The fourth-order valence-corrected chi connectivity index (χ4v) is 3.75. The summed E-state index contributed by atoms with van der Waals surface area (Å²) in [7, 11) is 0. The number of amides is 1. The Bertz CT molecular complexity index is 852. The van der Waals surface area contributed by atoms with Crippen molar-refractivity contribution in [3.8, 4) is 0 Å². The van der Waals surface area contributed by atoms with E-state index < -0.39 is 0 Å². The van der Waals surface area contributed by atoms with Gasteiger partial charge in [-0.15, -0.1) is 0 Å². The number of hydrogen-bond acceptors (Lipinski definition) is 3. The summed E-state index contributed by atoms with van der Waals surface area (Å²) >= 11 is 1.72. The van der Waals surface area contributed by atoms with Crippen molar-refractivity contribution in [2.24, 2.45) is 0 Å². The average Bonchev–Trinajstić information content (AvgIpc) is 3.22. The van der Waals surface area contributed by atoms with Crippen molar-refractivity contribution in [2.45, 2.75) is 26.8 Å². The highest BCUT2D eigenvalue weighted by atomic mass is 32.1. The molecule has 140 valence electrons. The number of thiophene rings is 1. The van der Waals surface area contributed by atoms with Crippen LogP contribution in [-0.2, 0) is 13.0 Å². The van der Waals surface area contributed by atoms with E-state index in [9.17, 15) is 4.79 Å². The summed E-state index contributed by atoms with van der Waals surface area (Å²) in [5.41, 5.74) is 5.66. The van der Waals surface area contributed by atoms with Crippen molar-refractivity contribution in [3.05, 3.63) is 87.6 Å². The quantitative estimate of drug-likeness (QED) is 0.566. The summed E-state index contributed by atoms with van der Waals surface area (Å²) in [5.74, 6) is 0.103. The van der Waals surface area contributed by atoms with Crippen molar-refractivity contribution in [1.82, 2.24) is 4.90 Å². The monoisotopic (exact) mass is 378 g/mol. The van der Waals surface area contributed by atoms with E-state index in [1.165, 1.54) is 16.7 Å². The molecule has 2 aromatic carbocycles. The zero-order chi connectivity index (χ0) is 19.1. The Morgan fingerprint density at radius 3 is 2.41 bits per heavy atom. The fourth-order valence-electron chi connectivity index (χ4n) is 3.08. The molecule has 27 heavy (non-hydrogen) atoms. The lowest BCUT2D eigenvalue weighted by molar-refractivity contribution is 0.0773. The molecule has 3 rings (SSSR count). The SMILES string of the molecule is CCN(CC)C(=O)c1ccc(Cc2cccc(NCc3ccsc3)c2)cc1. The van der Waals surface area contributed by atoms with Crippen LogP contribution in [0.5, 0.6) is 0 Å². The van der Waals surface area contributed by atoms with Crippen LogP contribution in [0.25, 0.3) is 0 Å². The van der Waals surface area contributed by atoms with Crippen molar-refractivity contribution in [3.63, 3.8) is 0 Å². The molecule has 0 saturated carbocycles. The second-order valence-electron chi connectivity index (χ2n) is 6.54. The van der Waals surface area contributed by atoms with Crippen LogP contribution >= 0.6 is 11.3 Å². The highest BCUT2D eigenvalue weighted by Gasteiger charge is 2.11. The Balaban J connectivity index is 1.63. The van der Waals surface area contributed by atoms with E-state index in [0.717, 1.165) is 37.3 Å². The predicted molar refractivity (Wildman–Crippen MR) is 115 cm³/mol. The third-order valence-electron chi connectivity index (χ3n) is 4.66. The Hall–Kier alpha value is -2.59. The molecule has 0 unspecified atom stereocenters. The number of benzene rings is 2. The lowest BCUT2D eigenvalue weighted by Gasteiger charge is -2.18. The molecule has 4 heteroatoms. The minimum absolute atomic E-state index is 0.103.